The van der Waals surface area contributed by atoms with Gasteiger partial charge in [0.25, 0.3) is 5.91 Å². The molecule has 2 heterocycles. The van der Waals surface area contributed by atoms with Crippen molar-refractivity contribution >= 4 is 23.0 Å². The van der Waals surface area contributed by atoms with Gasteiger partial charge in [-0.1, -0.05) is 24.3 Å². The Morgan fingerprint density at radius 3 is 2.59 bits per heavy atom. The van der Waals surface area contributed by atoms with E-state index in [0.717, 1.165) is 0 Å². The van der Waals surface area contributed by atoms with Crippen molar-refractivity contribution in [3.8, 4) is 22.9 Å². The summed E-state index contributed by atoms with van der Waals surface area (Å²) in [6.45, 7) is 0. The first-order valence-electron chi connectivity index (χ1n) is 8.78. The van der Waals surface area contributed by atoms with Crippen LogP contribution in [0.2, 0.25) is 0 Å². The van der Waals surface area contributed by atoms with Gasteiger partial charge in [0.05, 0.1) is 28.7 Å². The topological polar surface area (TPSA) is 108 Å². The zero-order chi connectivity index (χ0) is 20.2. The number of rotatable bonds is 4. The Hall–Kier alpha value is -4.26. The zero-order valence-corrected chi connectivity index (χ0v) is 15.1. The van der Waals surface area contributed by atoms with Crippen LogP contribution in [-0.2, 0) is 0 Å². The molecule has 0 radical (unpaired) electrons. The highest BCUT2D eigenvalue weighted by molar-refractivity contribution is 6.07. The van der Waals surface area contributed by atoms with Gasteiger partial charge < -0.3 is 10.2 Å². The molecule has 3 N–H and O–H groups in total. The van der Waals surface area contributed by atoms with Crippen LogP contribution in [0.3, 0.4) is 0 Å². The summed E-state index contributed by atoms with van der Waals surface area (Å²) in [4.78, 5) is 21.7. The maximum absolute atomic E-state index is 12.8. The fourth-order valence-electron chi connectivity index (χ4n) is 2.87. The predicted molar refractivity (Wildman–Crippen MR) is 110 cm³/mol. The highest BCUT2D eigenvalue weighted by Gasteiger charge is 2.14. The quantitative estimate of drug-likeness (QED) is 0.369. The Bertz CT molecular complexity index is 1220. The van der Waals surface area contributed by atoms with E-state index in [1.165, 1.54) is 24.4 Å². The molecule has 7 heteroatoms. The van der Waals surface area contributed by atoms with Crippen molar-refractivity contribution in [1.82, 2.24) is 15.4 Å². The van der Waals surface area contributed by atoms with Crippen molar-refractivity contribution in [2.45, 2.75) is 0 Å². The molecule has 0 spiro atoms. The molecule has 4 rings (SSSR count). The highest BCUT2D eigenvalue weighted by Crippen LogP contribution is 2.24. The zero-order valence-electron chi connectivity index (χ0n) is 15.1. The summed E-state index contributed by atoms with van der Waals surface area (Å²) in [5, 5.41) is 23.7. The Morgan fingerprint density at radius 2 is 1.79 bits per heavy atom. The van der Waals surface area contributed by atoms with Crippen molar-refractivity contribution in [1.29, 1.82) is 0 Å². The minimum Gasteiger partial charge on any atom is -0.508 e. The summed E-state index contributed by atoms with van der Waals surface area (Å²) < 4.78 is 0. The molecule has 0 atom stereocenters. The smallest absolute Gasteiger partial charge is 0.272 e. The molecular formula is C22H16N4O3. The van der Waals surface area contributed by atoms with Gasteiger partial charge in [-0.15, -0.1) is 0 Å². The maximum Gasteiger partial charge on any atom is 0.272 e. The first-order valence-corrected chi connectivity index (χ1v) is 8.78. The first kappa shape index (κ1) is 18.1. The summed E-state index contributed by atoms with van der Waals surface area (Å²) >= 11 is 0. The van der Waals surface area contributed by atoms with Gasteiger partial charge in [0.2, 0.25) is 0 Å². The average Bonchev–Trinajstić information content (AvgIpc) is 2.75. The lowest BCUT2D eigenvalue weighted by Crippen LogP contribution is -2.18. The average molecular weight is 384 g/mol. The van der Waals surface area contributed by atoms with E-state index in [9.17, 15) is 15.0 Å². The van der Waals surface area contributed by atoms with Gasteiger partial charge in [-0.3, -0.25) is 9.78 Å². The second-order valence-corrected chi connectivity index (χ2v) is 6.23. The third-order valence-electron chi connectivity index (χ3n) is 4.27. The van der Waals surface area contributed by atoms with Gasteiger partial charge in [0.15, 0.2) is 0 Å². The van der Waals surface area contributed by atoms with Crippen molar-refractivity contribution in [3.05, 3.63) is 84.1 Å². The van der Waals surface area contributed by atoms with E-state index in [1.54, 1.807) is 12.3 Å². The summed E-state index contributed by atoms with van der Waals surface area (Å²) in [7, 11) is 0. The minimum absolute atomic E-state index is 0.0611. The first-order chi connectivity index (χ1) is 14.1. The van der Waals surface area contributed by atoms with E-state index < -0.39 is 5.91 Å². The Balaban J connectivity index is 1.67. The van der Waals surface area contributed by atoms with Gasteiger partial charge in [0.1, 0.15) is 11.5 Å². The minimum atomic E-state index is -0.421. The number of phenols is 2. The van der Waals surface area contributed by atoms with E-state index in [1.807, 2.05) is 42.5 Å². The number of aromatic hydroxyl groups is 2. The Kier molecular flexibility index (Phi) is 4.86. The van der Waals surface area contributed by atoms with E-state index in [-0.39, 0.29) is 11.5 Å². The number of amides is 1. The number of aromatic nitrogens is 2. The molecule has 2 aromatic heterocycles. The lowest BCUT2D eigenvalue weighted by molar-refractivity contribution is 0.0956. The van der Waals surface area contributed by atoms with Crippen LogP contribution in [-0.4, -0.2) is 32.3 Å². The number of hydrogen-bond donors (Lipinski definition) is 3. The normalized spacial score (nSPS) is 11.0. The molecule has 0 bridgehead atoms. The van der Waals surface area contributed by atoms with E-state index in [2.05, 4.69) is 20.5 Å². The number of carbonyl (C=O) groups is 1. The summed E-state index contributed by atoms with van der Waals surface area (Å²) in [6, 6.07) is 18.6. The molecule has 1 amide bonds. The second-order valence-electron chi connectivity index (χ2n) is 6.23. The van der Waals surface area contributed by atoms with Crippen LogP contribution in [0.1, 0.15) is 15.9 Å². The van der Waals surface area contributed by atoms with Gasteiger partial charge in [-0.05, 0) is 36.4 Å². The molecule has 2 aromatic carbocycles. The fraction of sp³-hybridized carbons (Fsp3) is 0. The van der Waals surface area contributed by atoms with Gasteiger partial charge in [-0.2, -0.15) is 5.10 Å². The molecule has 7 nitrogen and oxygen atoms in total. The molecule has 0 fully saturated rings. The lowest BCUT2D eigenvalue weighted by atomic mass is 10.1. The molecule has 0 saturated heterocycles. The standard InChI is InChI=1S/C22H16N4O3/c27-15-9-8-14(21(28)11-15)13-24-26-22(29)17-12-20(19-7-3-4-10-23-19)25-18-6-2-1-5-16(17)18/h1-13,27-28H,(H,26,29)/b24-13+. The maximum atomic E-state index is 12.8. The van der Waals surface area contributed by atoms with Crippen LogP contribution in [0.25, 0.3) is 22.3 Å². The molecular weight excluding hydrogens is 368 g/mol. The van der Waals surface area contributed by atoms with Crippen molar-refractivity contribution in [2.24, 2.45) is 5.10 Å². The van der Waals surface area contributed by atoms with Crippen LogP contribution >= 0.6 is 0 Å². The third-order valence-corrected chi connectivity index (χ3v) is 4.27. The Morgan fingerprint density at radius 1 is 0.966 bits per heavy atom. The number of benzene rings is 2. The number of phenolic OH excluding ortho intramolecular Hbond substituents is 2. The fourth-order valence-corrected chi connectivity index (χ4v) is 2.87. The van der Waals surface area contributed by atoms with Crippen molar-refractivity contribution in [3.63, 3.8) is 0 Å². The van der Waals surface area contributed by atoms with E-state index in [4.69, 9.17) is 0 Å². The van der Waals surface area contributed by atoms with Gasteiger partial charge >= 0.3 is 0 Å². The Labute approximate surface area is 166 Å². The monoisotopic (exact) mass is 384 g/mol. The largest absolute Gasteiger partial charge is 0.508 e. The van der Waals surface area contributed by atoms with Crippen molar-refractivity contribution in [2.75, 3.05) is 0 Å². The number of fused-ring (bicyclic) bond motifs is 1. The van der Waals surface area contributed by atoms with Gasteiger partial charge in [0, 0.05) is 23.2 Å². The summed E-state index contributed by atoms with van der Waals surface area (Å²) in [6.07, 6.45) is 2.97. The molecule has 0 aliphatic carbocycles. The molecule has 4 aromatic rings. The highest BCUT2D eigenvalue weighted by atomic mass is 16.3. The second kappa shape index (κ2) is 7.77. The molecule has 142 valence electrons. The van der Waals surface area contributed by atoms with E-state index in [0.29, 0.717) is 33.4 Å². The number of hydrazone groups is 1. The lowest BCUT2D eigenvalue weighted by Gasteiger charge is -2.08. The van der Waals surface area contributed by atoms with Gasteiger partial charge in [-0.25, -0.2) is 10.4 Å². The summed E-state index contributed by atoms with van der Waals surface area (Å²) in [5.74, 6) is -0.626. The molecule has 29 heavy (non-hydrogen) atoms. The predicted octanol–water partition coefficient (Wildman–Crippen LogP) is 3.47. The molecule has 0 aliphatic heterocycles. The molecule has 0 aliphatic rings. The van der Waals surface area contributed by atoms with Crippen LogP contribution in [0.15, 0.2) is 78.0 Å². The number of nitrogens with one attached hydrogen (secondary N) is 1. The van der Waals surface area contributed by atoms with Crippen LogP contribution < -0.4 is 5.43 Å². The molecule has 0 saturated carbocycles. The SMILES string of the molecule is O=C(N/N=C/c1ccc(O)cc1O)c1cc(-c2ccccn2)nc2ccccc12. The number of nitrogens with zero attached hydrogens (tertiary/aromatic N) is 3. The van der Waals surface area contributed by atoms with E-state index >= 15 is 0 Å². The number of carbonyl (C=O) groups excluding carboxylic acids is 1. The number of para-hydroxylation sites is 1. The summed E-state index contributed by atoms with van der Waals surface area (Å²) in [5.41, 5.74) is 5.14. The van der Waals surface area contributed by atoms with Crippen LogP contribution in [0.4, 0.5) is 0 Å². The number of pyridine rings is 2. The molecule has 0 unspecified atom stereocenters. The van der Waals surface area contributed by atoms with Crippen LogP contribution in [0, 0.1) is 0 Å². The third kappa shape index (κ3) is 3.89. The van der Waals surface area contributed by atoms with Crippen LogP contribution in [0.5, 0.6) is 11.5 Å². The van der Waals surface area contributed by atoms with Crippen molar-refractivity contribution < 1.29 is 15.0 Å². The number of hydrogen-bond acceptors (Lipinski definition) is 6.